The maximum Gasteiger partial charge on any atom is 0.305 e. The number of Topliss-reactive ketones (excluding diaryl/α,β-unsaturated/α-hetero) is 1. The fourth-order valence-corrected chi connectivity index (χ4v) is 1.45. The summed E-state index contributed by atoms with van der Waals surface area (Å²) in [7, 11) is 2.96. The molecule has 0 amide bonds. The molecule has 0 aromatic carbocycles. The van der Waals surface area contributed by atoms with Crippen molar-refractivity contribution in [2.24, 2.45) is 11.8 Å². The molecule has 2 atom stereocenters. The molecule has 0 heterocycles. The predicted molar refractivity (Wildman–Crippen MR) is 61.1 cm³/mol. The minimum absolute atomic E-state index is 0.0599. The summed E-state index contributed by atoms with van der Waals surface area (Å²) >= 11 is 0. The van der Waals surface area contributed by atoms with Gasteiger partial charge in [0, 0.05) is 25.9 Å². The molecular weight excluding hydrogens is 208 g/mol. The Labute approximate surface area is 97.3 Å². The van der Waals surface area contributed by atoms with Crippen LogP contribution in [0.1, 0.15) is 33.1 Å². The molecule has 16 heavy (non-hydrogen) atoms. The van der Waals surface area contributed by atoms with E-state index in [1.807, 2.05) is 13.8 Å². The first-order valence-corrected chi connectivity index (χ1v) is 5.59. The molecule has 0 rings (SSSR count). The number of ketones is 1. The molecule has 0 aromatic rings. The van der Waals surface area contributed by atoms with E-state index >= 15 is 0 Å². The fourth-order valence-electron chi connectivity index (χ4n) is 1.45. The predicted octanol–water partition coefficient (Wildman–Crippen LogP) is 1.82. The monoisotopic (exact) mass is 230 g/mol. The summed E-state index contributed by atoms with van der Waals surface area (Å²) in [5.41, 5.74) is 0. The lowest BCUT2D eigenvalue weighted by Crippen LogP contribution is -2.17. The largest absolute Gasteiger partial charge is 0.469 e. The van der Waals surface area contributed by atoms with Crippen LogP contribution in [0.4, 0.5) is 0 Å². The number of ether oxygens (including phenoxy) is 2. The van der Waals surface area contributed by atoms with Gasteiger partial charge in [0.25, 0.3) is 0 Å². The Morgan fingerprint density at radius 1 is 1.19 bits per heavy atom. The lowest BCUT2D eigenvalue weighted by molar-refractivity contribution is -0.141. The van der Waals surface area contributed by atoms with Crippen molar-refractivity contribution in [1.29, 1.82) is 0 Å². The molecule has 0 saturated heterocycles. The zero-order chi connectivity index (χ0) is 12.6. The van der Waals surface area contributed by atoms with Gasteiger partial charge in [-0.05, 0) is 12.3 Å². The first-order chi connectivity index (χ1) is 7.51. The van der Waals surface area contributed by atoms with Crippen LogP contribution in [0.3, 0.4) is 0 Å². The van der Waals surface area contributed by atoms with Crippen molar-refractivity contribution in [3.8, 4) is 0 Å². The Morgan fingerprint density at radius 3 is 2.31 bits per heavy atom. The van der Waals surface area contributed by atoms with Crippen molar-refractivity contribution >= 4 is 11.8 Å². The fraction of sp³-hybridized carbons (Fsp3) is 0.833. The SMILES string of the molecule is COCC(C)C(=O)CC[C@@H](C)CC(=O)OC. The smallest absolute Gasteiger partial charge is 0.305 e. The second-order valence-corrected chi connectivity index (χ2v) is 4.25. The molecule has 0 aliphatic rings. The molecule has 4 heteroatoms. The van der Waals surface area contributed by atoms with Gasteiger partial charge < -0.3 is 9.47 Å². The molecule has 0 aliphatic heterocycles. The number of hydrogen-bond donors (Lipinski definition) is 0. The van der Waals surface area contributed by atoms with Gasteiger partial charge in [0.2, 0.25) is 0 Å². The van der Waals surface area contributed by atoms with Gasteiger partial charge in [-0.25, -0.2) is 0 Å². The van der Waals surface area contributed by atoms with Crippen LogP contribution >= 0.6 is 0 Å². The quantitative estimate of drug-likeness (QED) is 0.597. The highest BCUT2D eigenvalue weighted by molar-refractivity contribution is 5.80. The highest BCUT2D eigenvalue weighted by Crippen LogP contribution is 2.13. The summed E-state index contributed by atoms with van der Waals surface area (Å²) in [5.74, 6) is 0.102. The number of carbonyl (C=O) groups is 2. The number of hydrogen-bond acceptors (Lipinski definition) is 4. The molecule has 0 N–H and O–H groups in total. The van der Waals surface area contributed by atoms with Crippen LogP contribution in [0.2, 0.25) is 0 Å². The third kappa shape index (κ3) is 6.56. The summed E-state index contributed by atoms with van der Waals surface area (Å²) in [4.78, 5) is 22.6. The summed E-state index contributed by atoms with van der Waals surface area (Å²) in [6.45, 7) is 4.27. The molecule has 0 saturated carbocycles. The van der Waals surface area contributed by atoms with Crippen LogP contribution < -0.4 is 0 Å². The maximum absolute atomic E-state index is 11.6. The molecule has 0 aliphatic carbocycles. The number of carbonyl (C=O) groups excluding carboxylic acids is 2. The third-order valence-corrected chi connectivity index (χ3v) is 2.59. The Bertz CT molecular complexity index is 225. The summed E-state index contributed by atoms with van der Waals surface area (Å²) in [6.07, 6.45) is 1.60. The average Bonchev–Trinajstić information content (AvgIpc) is 2.25. The lowest BCUT2D eigenvalue weighted by Gasteiger charge is -2.12. The van der Waals surface area contributed by atoms with Crippen molar-refractivity contribution in [3.63, 3.8) is 0 Å². The number of rotatable bonds is 8. The maximum atomic E-state index is 11.6. The highest BCUT2D eigenvalue weighted by atomic mass is 16.5. The standard InChI is InChI=1S/C12H22O4/c1-9(7-12(14)16-4)5-6-11(13)10(2)8-15-3/h9-10H,5-8H2,1-4H3/t9-,10?/m1/s1. The molecule has 0 bridgehead atoms. The van der Waals surface area contributed by atoms with Gasteiger partial charge >= 0.3 is 5.97 Å². The zero-order valence-corrected chi connectivity index (χ0v) is 10.6. The second-order valence-electron chi connectivity index (χ2n) is 4.25. The van der Waals surface area contributed by atoms with Gasteiger partial charge in [-0.15, -0.1) is 0 Å². The molecule has 0 radical (unpaired) electrons. The summed E-state index contributed by atoms with van der Waals surface area (Å²) in [6, 6.07) is 0. The van der Waals surface area contributed by atoms with E-state index in [4.69, 9.17) is 4.74 Å². The number of esters is 1. The first kappa shape index (κ1) is 15.1. The summed E-state index contributed by atoms with van der Waals surface area (Å²) < 4.78 is 9.49. The Kier molecular flexibility index (Phi) is 7.81. The Hall–Kier alpha value is -0.900. The van der Waals surface area contributed by atoms with E-state index in [0.717, 1.165) is 6.42 Å². The summed E-state index contributed by atoms with van der Waals surface area (Å²) in [5, 5.41) is 0. The second kappa shape index (κ2) is 8.28. The van der Waals surface area contributed by atoms with Crippen LogP contribution in [0.15, 0.2) is 0 Å². The lowest BCUT2D eigenvalue weighted by atomic mass is 9.96. The van der Waals surface area contributed by atoms with Gasteiger partial charge in [0.15, 0.2) is 0 Å². The van der Waals surface area contributed by atoms with Crippen molar-refractivity contribution in [2.75, 3.05) is 20.8 Å². The van der Waals surface area contributed by atoms with Crippen LogP contribution in [0.25, 0.3) is 0 Å². The minimum Gasteiger partial charge on any atom is -0.469 e. The third-order valence-electron chi connectivity index (χ3n) is 2.59. The van der Waals surface area contributed by atoms with E-state index in [1.54, 1.807) is 7.11 Å². The Balaban J connectivity index is 3.78. The van der Waals surface area contributed by atoms with Crippen LogP contribution in [-0.4, -0.2) is 32.6 Å². The molecule has 94 valence electrons. The van der Waals surface area contributed by atoms with Gasteiger partial charge in [0.05, 0.1) is 13.7 Å². The van der Waals surface area contributed by atoms with Crippen molar-refractivity contribution < 1.29 is 19.1 Å². The molecular formula is C12H22O4. The highest BCUT2D eigenvalue weighted by Gasteiger charge is 2.15. The van der Waals surface area contributed by atoms with Crippen molar-refractivity contribution in [1.82, 2.24) is 0 Å². The van der Waals surface area contributed by atoms with E-state index in [9.17, 15) is 9.59 Å². The van der Waals surface area contributed by atoms with E-state index in [2.05, 4.69) is 4.74 Å². The Morgan fingerprint density at radius 2 is 1.81 bits per heavy atom. The van der Waals surface area contributed by atoms with Crippen LogP contribution in [0, 0.1) is 11.8 Å². The van der Waals surface area contributed by atoms with Gasteiger partial charge in [-0.3, -0.25) is 9.59 Å². The zero-order valence-electron chi connectivity index (χ0n) is 10.6. The normalized spacial score (nSPS) is 14.2. The van der Waals surface area contributed by atoms with E-state index in [-0.39, 0.29) is 23.6 Å². The molecule has 0 aromatic heterocycles. The van der Waals surface area contributed by atoms with E-state index in [1.165, 1.54) is 7.11 Å². The molecule has 0 spiro atoms. The van der Waals surface area contributed by atoms with Crippen LogP contribution in [-0.2, 0) is 19.1 Å². The van der Waals surface area contributed by atoms with E-state index < -0.39 is 0 Å². The molecule has 4 nitrogen and oxygen atoms in total. The van der Waals surface area contributed by atoms with Gasteiger partial charge in [0.1, 0.15) is 5.78 Å². The van der Waals surface area contributed by atoms with Crippen molar-refractivity contribution in [2.45, 2.75) is 33.1 Å². The average molecular weight is 230 g/mol. The van der Waals surface area contributed by atoms with Crippen LogP contribution in [0.5, 0.6) is 0 Å². The first-order valence-electron chi connectivity index (χ1n) is 5.59. The molecule has 1 unspecified atom stereocenters. The van der Waals surface area contributed by atoms with Crippen molar-refractivity contribution in [3.05, 3.63) is 0 Å². The number of methoxy groups -OCH3 is 2. The minimum atomic E-state index is -0.218. The molecule has 0 fully saturated rings. The van der Waals surface area contributed by atoms with Gasteiger partial charge in [-0.2, -0.15) is 0 Å². The van der Waals surface area contributed by atoms with Gasteiger partial charge in [-0.1, -0.05) is 13.8 Å². The topological polar surface area (TPSA) is 52.6 Å². The van der Waals surface area contributed by atoms with E-state index in [0.29, 0.717) is 19.4 Å².